The Morgan fingerprint density at radius 2 is 1.97 bits per heavy atom. The summed E-state index contributed by atoms with van der Waals surface area (Å²) in [6.07, 6.45) is 12.6. The average molecular weight is 436 g/mol. The molecule has 1 aromatic carbocycles. The lowest BCUT2D eigenvalue weighted by Gasteiger charge is -2.45. The summed E-state index contributed by atoms with van der Waals surface area (Å²) >= 11 is 0. The van der Waals surface area contributed by atoms with E-state index >= 15 is 0 Å². The normalized spacial score (nSPS) is 32.5. The smallest absolute Gasteiger partial charge is 0.237 e. The number of hydrogen-bond donors (Lipinski definition) is 2. The summed E-state index contributed by atoms with van der Waals surface area (Å²) in [4.78, 5) is 15.6. The zero-order chi connectivity index (χ0) is 22.0. The monoisotopic (exact) mass is 435 g/mol. The van der Waals surface area contributed by atoms with Crippen LogP contribution in [0.2, 0.25) is 0 Å². The number of nitrogens with one attached hydrogen (secondary N) is 2. The molecule has 1 saturated carbocycles. The molecule has 2 saturated heterocycles. The summed E-state index contributed by atoms with van der Waals surface area (Å²) in [5.74, 6) is 1.26. The number of hydrogen-bond acceptors (Lipinski definition) is 4. The number of carbonyl (C=O) groups is 1. The molecular formula is C27H37N3O2. The largest absolute Gasteiger partial charge is 0.379 e. The second-order valence-electron chi connectivity index (χ2n) is 10.1. The predicted molar refractivity (Wildman–Crippen MR) is 127 cm³/mol. The molecule has 2 aliphatic carbocycles. The molecule has 4 unspecified atom stereocenters. The van der Waals surface area contributed by atoms with Gasteiger partial charge in [0, 0.05) is 31.7 Å². The van der Waals surface area contributed by atoms with Crippen molar-refractivity contribution in [1.29, 1.82) is 0 Å². The number of fused-ring (bicyclic) bond motifs is 1. The SMILES string of the molecule is CC1CCCC2CC(C(=O)NCc3ccc(CN4CCOCC4)cc3)NC12C1=CCC=C1. The zero-order valence-electron chi connectivity index (χ0n) is 19.3. The van der Waals surface area contributed by atoms with Crippen LogP contribution in [0.3, 0.4) is 0 Å². The zero-order valence-corrected chi connectivity index (χ0v) is 19.3. The summed E-state index contributed by atoms with van der Waals surface area (Å²) < 4.78 is 5.43. The number of carbonyl (C=O) groups excluding carboxylic acids is 1. The second-order valence-corrected chi connectivity index (χ2v) is 10.1. The van der Waals surface area contributed by atoms with Gasteiger partial charge in [-0.05, 0) is 54.2 Å². The van der Waals surface area contributed by atoms with Gasteiger partial charge >= 0.3 is 0 Å². The van der Waals surface area contributed by atoms with Crippen LogP contribution in [-0.4, -0.2) is 48.7 Å². The van der Waals surface area contributed by atoms with E-state index in [1.807, 2.05) is 0 Å². The Hall–Kier alpha value is -1.95. The van der Waals surface area contributed by atoms with Crippen LogP contribution in [0.4, 0.5) is 0 Å². The maximum absolute atomic E-state index is 13.1. The minimum absolute atomic E-state index is 0.0194. The molecule has 2 aliphatic heterocycles. The number of allylic oxidation sites excluding steroid dienone is 2. The molecule has 0 aromatic heterocycles. The van der Waals surface area contributed by atoms with Gasteiger partial charge in [-0.15, -0.1) is 0 Å². The predicted octanol–water partition coefficient (Wildman–Crippen LogP) is 3.56. The maximum Gasteiger partial charge on any atom is 0.237 e. The van der Waals surface area contributed by atoms with Crippen LogP contribution >= 0.6 is 0 Å². The standard InChI is InChI=1S/C27H37N3O2/c1-20-5-4-8-24-17-25(29-27(20,24)23-6-2-3-7-23)26(31)28-18-21-9-11-22(12-10-21)19-30-13-15-32-16-14-30/h2,6-7,9-12,20,24-25,29H,3-5,8,13-19H2,1H3,(H,28,31). The van der Waals surface area contributed by atoms with E-state index in [0.29, 0.717) is 18.4 Å². The average Bonchev–Trinajstić information content (AvgIpc) is 3.49. The topological polar surface area (TPSA) is 53.6 Å². The Labute approximate surface area is 192 Å². The number of amides is 1. The van der Waals surface area contributed by atoms with Gasteiger partial charge in [0.1, 0.15) is 0 Å². The molecule has 0 radical (unpaired) electrons. The highest BCUT2D eigenvalue weighted by Gasteiger charge is 2.54. The second kappa shape index (κ2) is 9.50. The molecular weight excluding hydrogens is 398 g/mol. The Morgan fingerprint density at radius 1 is 1.19 bits per heavy atom. The molecule has 5 rings (SSSR count). The van der Waals surface area contributed by atoms with Gasteiger partial charge in [-0.1, -0.05) is 55.8 Å². The molecule has 5 nitrogen and oxygen atoms in total. The summed E-state index contributed by atoms with van der Waals surface area (Å²) in [6.45, 7) is 7.57. The van der Waals surface area contributed by atoms with Gasteiger partial charge in [0.25, 0.3) is 0 Å². The minimum Gasteiger partial charge on any atom is -0.379 e. The van der Waals surface area contributed by atoms with Gasteiger partial charge in [-0.2, -0.15) is 0 Å². The van der Waals surface area contributed by atoms with Gasteiger partial charge in [0.05, 0.1) is 19.3 Å². The van der Waals surface area contributed by atoms with E-state index in [2.05, 4.69) is 65.0 Å². The van der Waals surface area contributed by atoms with Crippen molar-refractivity contribution in [2.45, 2.75) is 63.7 Å². The van der Waals surface area contributed by atoms with Gasteiger partial charge in [0.2, 0.25) is 5.91 Å². The van der Waals surface area contributed by atoms with E-state index in [-0.39, 0.29) is 17.5 Å². The van der Waals surface area contributed by atoms with E-state index < -0.39 is 0 Å². The molecule has 2 N–H and O–H groups in total. The first-order chi connectivity index (χ1) is 15.6. The van der Waals surface area contributed by atoms with Crippen molar-refractivity contribution in [2.24, 2.45) is 11.8 Å². The Bertz CT molecular complexity index is 871. The number of ether oxygens (including phenoxy) is 1. The van der Waals surface area contributed by atoms with Crippen LogP contribution < -0.4 is 10.6 Å². The van der Waals surface area contributed by atoms with E-state index in [1.165, 1.54) is 30.4 Å². The highest BCUT2D eigenvalue weighted by atomic mass is 16.5. The Kier molecular flexibility index (Phi) is 6.49. The van der Waals surface area contributed by atoms with Crippen LogP contribution in [0.25, 0.3) is 0 Å². The van der Waals surface area contributed by atoms with Crippen LogP contribution in [0.15, 0.2) is 48.1 Å². The van der Waals surface area contributed by atoms with Crippen LogP contribution in [0, 0.1) is 11.8 Å². The van der Waals surface area contributed by atoms with Crippen molar-refractivity contribution in [1.82, 2.24) is 15.5 Å². The van der Waals surface area contributed by atoms with E-state index in [1.54, 1.807) is 0 Å². The molecule has 4 atom stereocenters. The van der Waals surface area contributed by atoms with Crippen LogP contribution in [-0.2, 0) is 22.6 Å². The first-order valence-corrected chi connectivity index (χ1v) is 12.5. The van der Waals surface area contributed by atoms with Crippen molar-refractivity contribution >= 4 is 5.91 Å². The highest BCUT2D eigenvalue weighted by Crippen LogP contribution is 2.50. The summed E-state index contributed by atoms with van der Waals surface area (Å²) in [5.41, 5.74) is 3.87. The third-order valence-corrected chi connectivity index (χ3v) is 8.11. The van der Waals surface area contributed by atoms with Crippen molar-refractivity contribution < 1.29 is 9.53 Å². The number of morpholine rings is 1. The van der Waals surface area contributed by atoms with Crippen molar-refractivity contribution in [3.63, 3.8) is 0 Å². The van der Waals surface area contributed by atoms with E-state index in [4.69, 9.17) is 4.74 Å². The van der Waals surface area contributed by atoms with Crippen LogP contribution in [0.1, 0.15) is 50.2 Å². The van der Waals surface area contributed by atoms with E-state index in [9.17, 15) is 4.79 Å². The van der Waals surface area contributed by atoms with Crippen molar-refractivity contribution in [2.75, 3.05) is 26.3 Å². The molecule has 4 aliphatic rings. The third kappa shape index (κ3) is 4.30. The Balaban J connectivity index is 1.18. The fourth-order valence-corrected chi connectivity index (χ4v) is 6.36. The first kappa shape index (κ1) is 21.9. The quantitative estimate of drug-likeness (QED) is 0.718. The van der Waals surface area contributed by atoms with E-state index in [0.717, 1.165) is 51.3 Å². The molecule has 0 spiro atoms. The van der Waals surface area contributed by atoms with Crippen LogP contribution in [0.5, 0.6) is 0 Å². The van der Waals surface area contributed by atoms with Gasteiger partial charge in [-0.25, -0.2) is 0 Å². The van der Waals surface area contributed by atoms with Crippen molar-refractivity contribution in [3.8, 4) is 0 Å². The van der Waals surface area contributed by atoms with Gasteiger partial charge in [-0.3, -0.25) is 15.0 Å². The molecule has 1 aromatic rings. The first-order valence-electron chi connectivity index (χ1n) is 12.5. The van der Waals surface area contributed by atoms with Crippen molar-refractivity contribution in [3.05, 3.63) is 59.2 Å². The molecule has 1 amide bonds. The fraction of sp³-hybridized carbons (Fsp3) is 0.593. The molecule has 172 valence electrons. The molecule has 0 bridgehead atoms. The third-order valence-electron chi connectivity index (χ3n) is 8.11. The molecule has 2 heterocycles. The lowest BCUT2D eigenvalue weighted by molar-refractivity contribution is -0.123. The number of rotatable bonds is 6. The summed E-state index contributed by atoms with van der Waals surface area (Å²) in [5, 5.41) is 7.05. The summed E-state index contributed by atoms with van der Waals surface area (Å²) in [7, 11) is 0. The van der Waals surface area contributed by atoms with Gasteiger partial charge < -0.3 is 10.1 Å². The number of nitrogens with zero attached hydrogens (tertiary/aromatic N) is 1. The lowest BCUT2D eigenvalue weighted by Crippen LogP contribution is -2.56. The maximum atomic E-state index is 13.1. The number of benzene rings is 1. The summed E-state index contributed by atoms with van der Waals surface area (Å²) in [6, 6.07) is 8.57. The molecule has 32 heavy (non-hydrogen) atoms. The molecule has 5 heteroatoms. The fourth-order valence-electron chi connectivity index (χ4n) is 6.36. The highest BCUT2D eigenvalue weighted by molar-refractivity contribution is 5.82. The lowest BCUT2D eigenvalue weighted by atomic mass is 9.64. The molecule has 3 fully saturated rings. The van der Waals surface area contributed by atoms with Gasteiger partial charge in [0.15, 0.2) is 0 Å². The Morgan fingerprint density at radius 3 is 2.72 bits per heavy atom. The minimum atomic E-state index is -0.101.